The predicted molar refractivity (Wildman–Crippen MR) is 89.8 cm³/mol. The molecular formula is C18H14ClFN2O3. The minimum Gasteiger partial charge on any atom is -0.348 e. The Kier molecular flexibility index (Phi) is 4.55. The number of fused-ring (bicyclic) bond motifs is 1. The third kappa shape index (κ3) is 3.25. The van der Waals surface area contributed by atoms with E-state index >= 15 is 0 Å². The van der Waals surface area contributed by atoms with Gasteiger partial charge in [0.05, 0.1) is 17.2 Å². The number of amides is 3. The second-order valence-electron chi connectivity index (χ2n) is 5.70. The highest BCUT2D eigenvalue weighted by atomic mass is 35.5. The number of nitrogens with zero attached hydrogens (tertiary/aromatic N) is 1. The monoisotopic (exact) mass is 360 g/mol. The zero-order valence-electron chi connectivity index (χ0n) is 13.3. The molecule has 1 heterocycles. The van der Waals surface area contributed by atoms with E-state index in [0.717, 1.165) is 16.5 Å². The van der Waals surface area contributed by atoms with Crippen molar-refractivity contribution in [1.29, 1.82) is 0 Å². The normalized spacial score (nSPS) is 14.4. The molecule has 128 valence electrons. The summed E-state index contributed by atoms with van der Waals surface area (Å²) in [4.78, 5) is 37.4. The van der Waals surface area contributed by atoms with Gasteiger partial charge in [-0.1, -0.05) is 29.8 Å². The summed E-state index contributed by atoms with van der Waals surface area (Å²) in [7, 11) is 0. The molecule has 1 aliphatic heterocycles. The van der Waals surface area contributed by atoms with Crippen molar-refractivity contribution < 1.29 is 18.8 Å². The zero-order chi connectivity index (χ0) is 18.1. The lowest BCUT2D eigenvalue weighted by Gasteiger charge is -2.18. The molecule has 0 saturated heterocycles. The first kappa shape index (κ1) is 17.1. The number of rotatable bonds is 4. The Labute approximate surface area is 148 Å². The topological polar surface area (TPSA) is 66.5 Å². The van der Waals surface area contributed by atoms with Gasteiger partial charge in [-0.15, -0.1) is 0 Å². The van der Waals surface area contributed by atoms with E-state index in [1.54, 1.807) is 31.2 Å². The number of imide groups is 1. The van der Waals surface area contributed by atoms with Gasteiger partial charge >= 0.3 is 0 Å². The van der Waals surface area contributed by atoms with E-state index < -0.39 is 30.1 Å². The van der Waals surface area contributed by atoms with Crippen LogP contribution in [0.4, 0.5) is 4.39 Å². The van der Waals surface area contributed by atoms with Crippen LogP contribution in [-0.4, -0.2) is 29.2 Å². The van der Waals surface area contributed by atoms with Gasteiger partial charge < -0.3 is 5.32 Å². The molecule has 7 heteroatoms. The van der Waals surface area contributed by atoms with Gasteiger partial charge in [0.1, 0.15) is 12.4 Å². The fourth-order valence-corrected chi connectivity index (χ4v) is 2.83. The van der Waals surface area contributed by atoms with Crippen LogP contribution in [-0.2, 0) is 4.79 Å². The van der Waals surface area contributed by atoms with Crippen LogP contribution in [0.2, 0.25) is 5.02 Å². The molecule has 3 rings (SSSR count). The van der Waals surface area contributed by atoms with Crippen LogP contribution >= 0.6 is 11.6 Å². The lowest BCUT2D eigenvalue weighted by molar-refractivity contribution is -0.122. The Balaban J connectivity index is 1.70. The van der Waals surface area contributed by atoms with Crippen LogP contribution in [0.15, 0.2) is 42.5 Å². The smallest absolute Gasteiger partial charge is 0.265 e. The Morgan fingerprint density at radius 2 is 1.84 bits per heavy atom. The van der Waals surface area contributed by atoms with E-state index in [4.69, 9.17) is 11.6 Å². The summed E-state index contributed by atoms with van der Waals surface area (Å²) in [5.41, 5.74) is 0.515. The average molecular weight is 361 g/mol. The average Bonchev–Trinajstić information content (AvgIpc) is 2.81. The van der Waals surface area contributed by atoms with Crippen molar-refractivity contribution in [1.82, 2.24) is 10.2 Å². The number of nitrogens with one attached hydrogen (secondary N) is 1. The maximum absolute atomic E-state index is 13.8. The zero-order valence-corrected chi connectivity index (χ0v) is 14.0. The molecule has 0 aliphatic carbocycles. The number of carbonyl (C=O) groups excluding carboxylic acids is 3. The quantitative estimate of drug-likeness (QED) is 0.852. The molecule has 5 nitrogen and oxygen atoms in total. The Morgan fingerprint density at radius 1 is 1.16 bits per heavy atom. The highest BCUT2D eigenvalue weighted by Crippen LogP contribution is 2.25. The van der Waals surface area contributed by atoms with Crippen molar-refractivity contribution in [2.75, 3.05) is 6.54 Å². The SMILES string of the molecule is C[C@H](NC(=O)CN1C(=O)c2cccc(F)c2C1=O)c1ccc(Cl)cc1. The van der Waals surface area contributed by atoms with Gasteiger partial charge in [0, 0.05) is 5.02 Å². The van der Waals surface area contributed by atoms with Crippen molar-refractivity contribution in [3.8, 4) is 0 Å². The third-order valence-electron chi connectivity index (χ3n) is 4.00. The first-order valence-corrected chi connectivity index (χ1v) is 7.96. The summed E-state index contributed by atoms with van der Waals surface area (Å²) in [6.07, 6.45) is 0. The molecule has 0 aromatic heterocycles. The minimum atomic E-state index is -0.799. The van der Waals surface area contributed by atoms with E-state index in [1.807, 2.05) is 0 Å². The van der Waals surface area contributed by atoms with Crippen LogP contribution in [0.5, 0.6) is 0 Å². The van der Waals surface area contributed by atoms with Crippen molar-refractivity contribution in [3.05, 3.63) is 70.0 Å². The van der Waals surface area contributed by atoms with Crippen LogP contribution in [0, 0.1) is 5.82 Å². The molecule has 0 radical (unpaired) electrons. The van der Waals surface area contributed by atoms with Gasteiger partial charge in [-0.05, 0) is 36.8 Å². The molecule has 1 N–H and O–H groups in total. The largest absolute Gasteiger partial charge is 0.348 e. The molecular weight excluding hydrogens is 347 g/mol. The number of hydrogen-bond donors (Lipinski definition) is 1. The molecule has 0 saturated carbocycles. The molecule has 1 aliphatic rings. The summed E-state index contributed by atoms with van der Waals surface area (Å²) in [5.74, 6) is -2.76. The Bertz CT molecular complexity index is 867. The van der Waals surface area contributed by atoms with E-state index in [2.05, 4.69) is 5.32 Å². The van der Waals surface area contributed by atoms with Gasteiger partial charge in [0.25, 0.3) is 11.8 Å². The second kappa shape index (κ2) is 6.64. The molecule has 1 atom stereocenters. The first-order chi connectivity index (χ1) is 11.9. The van der Waals surface area contributed by atoms with Crippen LogP contribution in [0.1, 0.15) is 39.2 Å². The lowest BCUT2D eigenvalue weighted by Crippen LogP contribution is -2.41. The number of hydrogen-bond acceptors (Lipinski definition) is 3. The molecule has 0 fully saturated rings. The maximum Gasteiger partial charge on any atom is 0.265 e. The number of benzene rings is 2. The Morgan fingerprint density at radius 3 is 2.48 bits per heavy atom. The van der Waals surface area contributed by atoms with Crippen LogP contribution in [0.25, 0.3) is 0 Å². The third-order valence-corrected chi connectivity index (χ3v) is 4.25. The van der Waals surface area contributed by atoms with Gasteiger partial charge in [0.15, 0.2) is 0 Å². The number of carbonyl (C=O) groups is 3. The highest BCUT2D eigenvalue weighted by molar-refractivity contribution is 6.30. The fourth-order valence-electron chi connectivity index (χ4n) is 2.70. The molecule has 2 aromatic rings. The predicted octanol–water partition coefficient (Wildman–Crippen LogP) is 2.95. The van der Waals surface area contributed by atoms with Gasteiger partial charge in [0.2, 0.25) is 5.91 Å². The maximum atomic E-state index is 13.8. The summed E-state index contributed by atoms with van der Waals surface area (Å²) < 4.78 is 13.8. The van der Waals surface area contributed by atoms with Crippen molar-refractivity contribution in [2.24, 2.45) is 0 Å². The standard InChI is InChI=1S/C18H14ClFN2O3/c1-10(11-5-7-12(19)8-6-11)21-15(23)9-22-17(24)13-3-2-4-14(20)16(13)18(22)25/h2-8,10H,9H2,1H3,(H,21,23)/t10-/m0/s1. The highest BCUT2D eigenvalue weighted by Gasteiger charge is 2.38. The molecule has 0 spiro atoms. The molecule has 2 aromatic carbocycles. The van der Waals surface area contributed by atoms with E-state index in [9.17, 15) is 18.8 Å². The van der Waals surface area contributed by atoms with Crippen molar-refractivity contribution >= 4 is 29.3 Å². The van der Waals surface area contributed by atoms with Gasteiger partial charge in [-0.2, -0.15) is 0 Å². The minimum absolute atomic E-state index is 0.0245. The van der Waals surface area contributed by atoms with E-state index in [-0.39, 0.29) is 17.2 Å². The summed E-state index contributed by atoms with van der Waals surface area (Å²) in [6, 6.07) is 10.4. The molecule has 3 amide bonds. The molecule has 0 unspecified atom stereocenters. The first-order valence-electron chi connectivity index (χ1n) is 7.58. The summed E-state index contributed by atoms with van der Waals surface area (Å²) >= 11 is 5.82. The van der Waals surface area contributed by atoms with E-state index in [0.29, 0.717) is 5.02 Å². The molecule has 25 heavy (non-hydrogen) atoms. The van der Waals surface area contributed by atoms with E-state index in [1.165, 1.54) is 12.1 Å². The molecule has 0 bridgehead atoms. The fraction of sp³-hybridized carbons (Fsp3) is 0.167. The van der Waals surface area contributed by atoms with Crippen LogP contribution < -0.4 is 5.32 Å². The summed E-state index contributed by atoms with van der Waals surface area (Å²) in [6.45, 7) is 1.30. The lowest BCUT2D eigenvalue weighted by atomic mass is 10.1. The van der Waals surface area contributed by atoms with Crippen molar-refractivity contribution in [3.63, 3.8) is 0 Å². The van der Waals surface area contributed by atoms with Gasteiger partial charge in [-0.3, -0.25) is 19.3 Å². The summed E-state index contributed by atoms with van der Waals surface area (Å²) in [5, 5.41) is 3.28. The second-order valence-corrected chi connectivity index (χ2v) is 6.14. The van der Waals surface area contributed by atoms with Crippen LogP contribution in [0.3, 0.4) is 0 Å². The van der Waals surface area contributed by atoms with Crippen molar-refractivity contribution in [2.45, 2.75) is 13.0 Å². The Hall–Kier alpha value is -2.73. The van der Waals surface area contributed by atoms with Gasteiger partial charge in [-0.25, -0.2) is 4.39 Å². The number of halogens is 2.